The molecule has 1 aromatic carbocycles. The summed E-state index contributed by atoms with van der Waals surface area (Å²) < 4.78 is 0. The zero-order valence-electron chi connectivity index (χ0n) is 9.45. The molecule has 0 saturated carbocycles. The molecule has 3 heteroatoms. The Morgan fingerprint density at radius 3 is 2.75 bits per heavy atom. The lowest BCUT2D eigenvalue weighted by Gasteiger charge is -2.23. The Morgan fingerprint density at radius 2 is 2.12 bits per heavy atom. The van der Waals surface area contributed by atoms with Gasteiger partial charge in [-0.25, -0.2) is 0 Å². The maximum atomic E-state index is 12.2. The van der Waals surface area contributed by atoms with Gasteiger partial charge >= 0.3 is 0 Å². The van der Waals surface area contributed by atoms with E-state index in [-0.39, 0.29) is 5.91 Å². The van der Waals surface area contributed by atoms with Gasteiger partial charge in [-0.15, -0.1) is 0 Å². The molecule has 1 atom stereocenters. The van der Waals surface area contributed by atoms with E-state index in [1.807, 2.05) is 4.90 Å². The van der Waals surface area contributed by atoms with Gasteiger partial charge in [-0.05, 0) is 43.5 Å². The minimum atomic E-state index is 0.140. The van der Waals surface area contributed by atoms with Crippen molar-refractivity contribution in [3.8, 4) is 0 Å². The van der Waals surface area contributed by atoms with E-state index in [0.29, 0.717) is 11.1 Å². The largest absolute Gasteiger partial charge is 0.336 e. The summed E-state index contributed by atoms with van der Waals surface area (Å²) in [5.74, 6) is 0.140. The SMILES string of the molecule is CCC1CCCN1C(=O)c1ccc(Cl)cc1. The molecular formula is C13H16ClNO. The van der Waals surface area contributed by atoms with Crippen LogP contribution in [0.3, 0.4) is 0 Å². The average Bonchev–Trinajstić information content (AvgIpc) is 2.77. The Balaban J connectivity index is 2.15. The molecule has 2 nitrogen and oxygen atoms in total. The summed E-state index contributed by atoms with van der Waals surface area (Å²) in [6.45, 7) is 3.03. The van der Waals surface area contributed by atoms with Crippen LogP contribution >= 0.6 is 11.6 Å². The molecule has 0 aliphatic carbocycles. The normalized spacial score (nSPS) is 20.1. The van der Waals surface area contributed by atoms with Crippen LogP contribution in [0.1, 0.15) is 36.5 Å². The smallest absolute Gasteiger partial charge is 0.254 e. The Bertz CT molecular complexity index is 374. The van der Waals surface area contributed by atoms with Gasteiger partial charge in [0.15, 0.2) is 0 Å². The molecular weight excluding hydrogens is 222 g/mol. The number of carbonyl (C=O) groups excluding carboxylic acids is 1. The van der Waals surface area contributed by atoms with E-state index < -0.39 is 0 Å². The number of halogens is 1. The Hall–Kier alpha value is -1.02. The van der Waals surface area contributed by atoms with Gasteiger partial charge in [0.2, 0.25) is 0 Å². The number of benzene rings is 1. The summed E-state index contributed by atoms with van der Waals surface area (Å²) in [6, 6.07) is 7.56. The summed E-state index contributed by atoms with van der Waals surface area (Å²) >= 11 is 5.81. The van der Waals surface area contributed by atoms with E-state index in [4.69, 9.17) is 11.6 Å². The first-order chi connectivity index (χ1) is 7.72. The summed E-state index contributed by atoms with van der Waals surface area (Å²) in [6.07, 6.45) is 3.30. The fourth-order valence-corrected chi connectivity index (χ4v) is 2.41. The van der Waals surface area contributed by atoms with Crippen LogP contribution in [0.4, 0.5) is 0 Å². The van der Waals surface area contributed by atoms with Crippen LogP contribution in [0.2, 0.25) is 5.02 Å². The zero-order chi connectivity index (χ0) is 11.5. The summed E-state index contributed by atoms with van der Waals surface area (Å²) in [4.78, 5) is 14.2. The van der Waals surface area contributed by atoms with Gasteiger partial charge in [-0.2, -0.15) is 0 Å². The maximum absolute atomic E-state index is 12.2. The zero-order valence-corrected chi connectivity index (χ0v) is 10.2. The lowest BCUT2D eigenvalue weighted by Crippen LogP contribution is -2.35. The van der Waals surface area contributed by atoms with Crippen molar-refractivity contribution < 1.29 is 4.79 Å². The predicted molar refractivity (Wildman–Crippen MR) is 65.8 cm³/mol. The molecule has 1 aliphatic heterocycles. The number of nitrogens with zero attached hydrogens (tertiary/aromatic N) is 1. The lowest BCUT2D eigenvalue weighted by molar-refractivity contribution is 0.0733. The van der Waals surface area contributed by atoms with E-state index >= 15 is 0 Å². The Kier molecular flexibility index (Phi) is 3.49. The fourth-order valence-electron chi connectivity index (χ4n) is 2.29. The molecule has 86 valence electrons. The third-order valence-corrected chi connectivity index (χ3v) is 3.45. The number of hydrogen-bond donors (Lipinski definition) is 0. The minimum absolute atomic E-state index is 0.140. The Labute approximate surface area is 101 Å². The van der Waals surface area contributed by atoms with Gasteiger partial charge < -0.3 is 4.90 Å². The molecule has 1 unspecified atom stereocenters. The molecule has 0 bridgehead atoms. The second-order valence-corrected chi connectivity index (χ2v) is 4.65. The summed E-state index contributed by atoms with van der Waals surface area (Å²) in [7, 11) is 0. The van der Waals surface area contributed by atoms with Crippen LogP contribution in [0, 0.1) is 0 Å². The van der Waals surface area contributed by atoms with Crippen molar-refractivity contribution in [2.45, 2.75) is 32.2 Å². The Morgan fingerprint density at radius 1 is 1.44 bits per heavy atom. The number of amides is 1. The van der Waals surface area contributed by atoms with E-state index in [1.165, 1.54) is 0 Å². The molecule has 16 heavy (non-hydrogen) atoms. The van der Waals surface area contributed by atoms with Crippen LogP contribution in [0.15, 0.2) is 24.3 Å². The van der Waals surface area contributed by atoms with Gasteiger partial charge in [0.1, 0.15) is 0 Å². The number of likely N-dealkylation sites (tertiary alicyclic amines) is 1. The third-order valence-electron chi connectivity index (χ3n) is 3.20. The van der Waals surface area contributed by atoms with E-state index in [1.54, 1.807) is 24.3 Å². The van der Waals surface area contributed by atoms with Crippen LogP contribution in [-0.4, -0.2) is 23.4 Å². The minimum Gasteiger partial charge on any atom is -0.336 e. The van der Waals surface area contributed by atoms with Crippen LogP contribution < -0.4 is 0 Å². The van der Waals surface area contributed by atoms with E-state index in [2.05, 4.69) is 6.92 Å². The average molecular weight is 238 g/mol. The van der Waals surface area contributed by atoms with Crippen LogP contribution in [0.25, 0.3) is 0 Å². The van der Waals surface area contributed by atoms with E-state index in [9.17, 15) is 4.79 Å². The molecule has 0 spiro atoms. The molecule has 1 fully saturated rings. The molecule has 1 saturated heterocycles. The van der Waals surface area contributed by atoms with Gasteiger partial charge in [-0.1, -0.05) is 18.5 Å². The second-order valence-electron chi connectivity index (χ2n) is 4.21. The standard InChI is InChI=1S/C13H16ClNO/c1-2-12-4-3-9-15(12)13(16)10-5-7-11(14)8-6-10/h5-8,12H,2-4,9H2,1H3. The molecule has 2 rings (SSSR count). The first kappa shape index (κ1) is 11.5. The highest BCUT2D eigenvalue weighted by molar-refractivity contribution is 6.30. The predicted octanol–water partition coefficient (Wildman–Crippen LogP) is 3.35. The monoisotopic (exact) mass is 237 g/mol. The van der Waals surface area contributed by atoms with Gasteiger partial charge in [-0.3, -0.25) is 4.79 Å². The topological polar surface area (TPSA) is 20.3 Å². The molecule has 1 heterocycles. The molecule has 1 amide bonds. The lowest BCUT2D eigenvalue weighted by atomic mass is 10.1. The summed E-state index contributed by atoms with van der Waals surface area (Å²) in [5, 5.41) is 0.671. The fraction of sp³-hybridized carbons (Fsp3) is 0.462. The molecule has 0 N–H and O–H groups in total. The van der Waals surface area contributed by atoms with Crippen molar-refractivity contribution in [1.29, 1.82) is 0 Å². The van der Waals surface area contributed by atoms with E-state index in [0.717, 1.165) is 31.4 Å². The van der Waals surface area contributed by atoms with Crippen molar-refractivity contribution in [3.63, 3.8) is 0 Å². The van der Waals surface area contributed by atoms with Crippen molar-refractivity contribution in [3.05, 3.63) is 34.9 Å². The number of carbonyl (C=O) groups is 1. The summed E-state index contributed by atoms with van der Waals surface area (Å²) in [5.41, 5.74) is 0.741. The second kappa shape index (κ2) is 4.88. The molecule has 1 aliphatic rings. The van der Waals surface area contributed by atoms with Crippen molar-refractivity contribution in [2.24, 2.45) is 0 Å². The van der Waals surface area contributed by atoms with Crippen molar-refractivity contribution in [1.82, 2.24) is 4.90 Å². The quantitative estimate of drug-likeness (QED) is 0.773. The van der Waals surface area contributed by atoms with Crippen molar-refractivity contribution in [2.75, 3.05) is 6.54 Å². The van der Waals surface area contributed by atoms with Crippen LogP contribution in [0.5, 0.6) is 0 Å². The molecule has 0 radical (unpaired) electrons. The van der Waals surface area contributed by atoms with Crippen LogP contribution in [-0.2, 0) is 0 Å². The third kappa shape index (κ3) is 2.22. The highest BCUT2D eigenvalue weighted by Crippen LogP contribution is 2.22. The van der Waals surface area contributed by atoms with Gasteiger partial charge in [0.25, 0.3) is 5.91 Å². The number of hydrogen-bond acceptors (Lipinski definition) is 1. The first-order valence-electron chi connectivity index (χ1n) is 5.79. The first-order valence-corrected chi connectivity index (χ1v) is 6.16. The van der Waals surface area contributed by atoms with Crippen molar-refractivity contribution >= 4 is 17.5 Å². The number of rotatable bonds is 2. The highest BCUT2D eigenvalue weighted by Gasteiger charge is 2.27. The highest BCUT2D eigenvalue weighted by atomic mass is 35.5. The van der Waals surface area contributed by atoms with Gasteiger partial charge in [0, 0.05) is 23.2 Å². The van der Waals surface area contributed by atoms with Gasteiger partial charge in [0.05, 0.1) is 0 Å². The maximum Gasteiger partial charge on any atom is 0.254 e. The molecule has 0 aromatic heterocycles. The molecule has 1 aromatic rings.